The van der Waals surface area contributed by atoms with Crippen molar-refractivity contribution >= 4 is 17.9 Å². The van der Waals surface area contributed by atoms with Gasteiger partial charge in [0.25, 0.3) is 5.91 Å². The lowest BCUT2D eigenvalue weighted by molar-refractivity contribution is -0.143. The first-order valence-electron chi connectivity index (χ1n) is 13.2. The van der Waals surface area contributed by atoms with Crippen LogP contribution in [0.5, 0.6) is 5.75 Å². The van der Waals surface area contributed by atoms with E-state index in [1.807, 2.05) is 31.4 Å². The van der Waals surface area contributed by atoms with Crippen LogP contribution in [-0.4, -0.2) is 56.7 Å². The summed E-state index contributed by atoms with van der Waals surface area (Å²) in [6, 6.07) is 9.79. The molecule has 2 aliphatic heterocycles. The number of carbonyl (C=O) groups excluding carboxylic acids is 3. The van der Waals surface area contributed by atoms with Crippen molar-refractivity contribution < 1.29 is 28.2 Å². The van der Waals surface area contributed by atoms with Crippen molar-refractivity contribution in [1.82, 2.24) is 19.6 Å². The molecule has 2 aromatic carbocycles. The van der Waals surface area contributed by atoms with E-state index in [9.17, 15) is 18.8 Å². The first-order valence-corrected chi connectivity index (χ1v) is 13.2. The Morgan fingerprint density at radius 1 is 1.13 bits per heavy atom. The van der Waals surface area contributed by atoms with Crippen molar-refractivity contribution in [1.29, 1.82) is 0 Å². The lowest BCUT2D eigenvalue weighted by atomic mass is 9.93. The molecule has 1 spiro atoms. The number of aryl methyl sites for hydroxylation is 2. The number of amides is 3. The normalized spacial score (nSPS) is 23.9. The zero-order valence-corrected chi connectivity index (χ0v) is 21.4. The average Bonchev–Trinajstić information content (AvgIpc) is 3.55. The molecule has 2 atom stereocenters. The first-order chi connectivity index (χ1) is 18.8. The van der Waals surface area contributed by atoms with Crippen molar-refractivity contribution in [3.63, 3.8) is 0 Å². The Balaban J connectivity index is 1.14. The Bertz CT molecular complexity index is 1530. The Morgan fingerprint density at radius 2 is 1.97 bits per heavy atom. The highest BCUT2D eigenvalue weighted by atomic mass is 19.1. The molecule has 200 valence electrons. The molecule has 10 heteroatoms. The second-order valence-corrected chi connectivity index (χ2v) is 10.9. The molecule has 3 amide bonds. The van der Waals surface area contributed by atoms with E-state index in [-0.39, 0.29) is 31.0 Å². The lowest BCUT2D eigenvalue weighted by Crippen LogP contribution is -2.49. The van der Waals surface area contributed by atoms with Crippen molar-refractivity contribution in [3.8, 4) is 16.9 Å². The molecule has 7 rings (SSSR count). The van der Waals surface area contributed by atoms with Gasteiger partial charge in [0.2, 0.25) is 11.5 Å². The average molecular weight is 531 g/mol. The molecule has 3 aromatic rings. The Hall–Kier alpha value is -4.21. The number of imide groups is 1. The van der Waals surface area contributed by atoms with Gasteiger partial charge < -0.3 is 14.4 Å². The molecule has 39 heavy (non-hydrogen) atoms. The Labute approximate surface area is 224 Å². The van der Waals surface area contributed by atoms with E-state index in [0.29, 0.717) is 29.7 Å². The fraction of sp³-hybridized carbons (Fsp3) is 0.379. The highest BCUT2D eigenvalue weighted by Gasteiger charge is 2.58. The molecule has 1 saturated heterocycles. The van der Waals surface area contributed by atoms with Crippen LogP contribution in [-0.2, 0) is 39.9 Å². The van der Waals surface area contributed by atoms with Gasteiger partial charge in [-0.15, -0.1) is 0 Å². The van der Waals surface area contributed by atoms with Gasteiger partial charge in [0, 0.05) is 42.9 Å². The summed E-state index contributed by atoms with van der Waals surface area (Å²) in [4.78, 5) is 43.0. The summed E-state index contributed by atoms with van der Waals surface area (Å²) in [5, 5.41) is 4.22. The number of hydrogen-bond donors (Lipinski definition) is 0. The third-order valence-electron chi connectivity index (χ3n) is 8.35. The van der Waals surface area contributed by atoms with Gasteiger partial charge in [0.15, 0.2) is 0 Å². The van der Waals surface area contributed by atoms with Crippen LogP contribution in [0.3, 0.4) is 0 Å². The minimum Gasteiger partial charge on any atom is -0.491 e. The maximum atomic E-state index is 14.0. The predicted molar refractivity (Wildman–Crippen MR) is 136 cm³/mol. The summed E-state index contributed by atoms with van der Waals surface area (Å²) in [5.41, 5.74) is 2.65. The molecular formula is C29H27FN4O5. The van der Waals surface area contributed by atoms with Crippen LogP contribution < -0.4 is 4.74 Å². The summed E-state index contributed by atoms with van der Waals surface area (Å²) in [6.45, 7) is -0.00430. The second-order valence-electron chi connectivity index (χ2n) is 10.9. The summed E-state index contributed by atoms with van der Waals surface area (Å²) < 4.78 is 27.4. The SMILES string of the molecule is Cn1cc(-c2ccc3c(c2)CC[C@@]32OC(=O)N(CC(=O)N3Cc4cc(F)ccc4OC[C@H]3C3CC3)C2=O)cn1. The molecule has 0 bridgehead atoms. The number of nitrogens with zero attached hydrogens (tertiary/aromatic N) is 4. The highest BCUT2D eigenvalue weighted by Crippen LogP contribution is 2.46. The molecule has 2 fully saturated rings. The topological polar surface area (TPSA) is 94.0 Å². The molecule has 1 aromatic heterocycles. The molecule has 9 nitrogen and oxygen atoms in total. The van der Waals surface area contributed by atoms with Gasteiger partial charge in [-0.05, 0) is 54.5 Å². The number of fused-ring (bicyclic) bond motifs is 3. The van der Waals surface area contributed by atoms with Crippen LogP contribution in [0.1, 0.15) is 36.0 Å². The van der Waals surface area contributed by atoms with Crippen molar-refractivity contribution in [3.05, 3.63) is 71.3 Å². The smallest absolute Gasteiger partial charge is 0.418 e. The molecule has 3 heterocycles. The van der Waals surface area contributed by atoms with E-state index < -0.39 is 30.0 Å². The van der Waals surface area contributed by atoms with Crippen LogP contribution in [0, 0.1) is 11.7 Å². The van der Waals surface area contributed by atoms with Crippen molar-refractivity contribution in [2.75, 3.05) is 13.2 Å². The molecule has 0 unspecified atom stereocenters. The van der Waals surface area contributed by atoms with Gasteiger partial charge in [0.05, 0.1) is 12.2 Å². The van der Waals surface area contributed by atoms with Crippen LogP contribution in [0.15, 0.2) is 48.8 Å². The number of benzene rings is 2. The number of halogens is 1. The van der Waals surface area contributed by atoms with Gasteiger partial charge in [0.1, 0.15) is 24.7 Å². The zero-order chi connectivity index (χ0) is 26.9. The van der Waals surface area contributed by atoms with Crippen LogP contribution in [0.25, 0.3) is 11.1 Å². The molecule has 4 aliphatic rings. The van der Waals surface area contributed by atoms with E-state index in [1.165, 1.54) is 12.1 Å². The monoisotopic (exact) mass is 530 g/mol. The number of hydrogen-bond acceptors (Lipinski definition) is 6. The summed E-state index contributed by atoms with van der Waals surface area (Å²) in [5.74, 6) is -0.506. The number of carbonyl (C=O) groups is 3. The predicted octanol–water partition coefficient (Wildman–Crippen LogP) is 3.55. The van der Waals surface area contributed by atoms with Crippen molar-refractivity contribution in [2.24, 2.45) is 13.0 Å². The van der Waals surface area contributed by atoms with E-state index >= 15 is 0 Å². The standard InChI is InChI=1S/C29H27FN4O5/c1-32-13-21(12-31-32)18-4-6-23-19(10-18)8-9-29(23)27(36)34(28(37)39-29)15-26(35)33-14-20-11-22(30)5-7-25(20)38-16-24(33)17-2-3-17/h4-7,10-13,17,24H,2-3,8-9,14-16H2,1H3/t24-,29+/m0/s1. The van der Waals surface area contributed by atoms with E-state index in [2.05, 4.69) is 5.10 Å². The highest BCUT2D eigenvalue weighted by molar-refractivity contribution is 6.06. The van der Waals surface area contributed by atoms with Crippen LogP contribution in [0.4, 0.5) is 9.18 Å². The van der Waals surface area contributed by atoms with Gasteiger partial charge in [-0.3, -0.25) is 14.3 Å². The third kappa shape index (κ3) is 3.88. The maximum absolute atomic E-state index is 14.0. The number of rotatable bonds is 4. The minimum absolute atomic E-state index is 0.148. The largest absolute Gasteiger partial charge is 0.491 e. The summed E-state index contributed by atoms with van der Waals surface area (Å²) in [6.07, 6.45) is 5.69. The maximum Gasteiger partial charge on any atom is 0.418 e. The molecule has 0 N–H and O–H groups in total. The van der Waals surface area contributed by atoms with E-state index in [0.717, 1.165) is 34.4 Å². The number of ether oxygens (including phenoxy) is 2. The van der Waals surface area contributed by atoms with Crippen LogP contribution in [0.2, 0.25) is 0 Å². The molecule has 0 radical (unpaired) electrons. The third-order valence-corrected chi connectivity index (χ3v) is 8.35. The van der Waals surface area contributed by atoms with Crippen LogP contribution >= 0.6 is 0 Å². The van der Waals surface area contributed by atoms with E-state index in [1.54, 1.807) is 21.8 Å². The fourth-order valence-corrected chi connectivity index (χ4v) is 6.15. The van der Waals surface area contributed by atoms with Gasteiger partial charge >= 0.3 is 6.09 Å². The van der Waals surface area contributed by atoms with Gasteiger partial charge in [-0.1, -0.05) is 18.2 Å². The Morgan fingerprint density at radius 3 is 2.74 bits per heavy atom. The quantitative estimate of drug-likeness (QED) is 0.512. The molecule has 1 saturated carbocycles. The number of aromatic nitrogens is 2. The minimum atomic E-state index is -1.42. The van der Waals surface area contributed by atoms with E-state index in [4.69, 9.17) is 9.47 Å². The zero-order valence-electron chi connectivity index (χ0n) is 21.4. The summed E-state index contributed by atoms with van der Waals surface area (Å²) in [7, 11) is 1.85. The lowest BCUT2D eigenvalue weighted by Gasteiger charge is -2.30. The fourth-order valence-electron chi connectivity index (χ4n) is 6.15. The Kier molecular flexibility index (Phi) is 5.30. The van der Waals surface area contributed by atoms with Gasteiger partial charge in [-0.2, -0.15) is 5.10 Å². The first kappa shape index (κ1) is 23.9. The summed E-state index contributed by atoms with van der Waals surface area (Å²) >= 11 is 0. The second kappa shape index (κ2) is 8.65. The molecular weight excluding hydrogens is 503 g/mol. The van der Waals surface area contributed by atoms with Gasteiger partial charge in [-0.25, -0.2) is 14.1 Å². The van der Waals surface area contributed by atoms with Crippen molar-refractivity contribution in [2.45, 2.75) is 43.9 Å². The molecule has 2 aliphatic carbocycles.